The van der Waals surface area contributed by atoms with Crippen LogP contribution in [0.1, 0.15) is 41.5 Å². The quantitative estimate of drug-likeness (QED) is 0.377. The summed E-state index contributed by atoms with van der Waals surface area (Å²) in [7, 11) is 0. The van der Waals surface area contributed by atoms with E-state index in [-0.39, 0.29) is 17.5 Å². The topological polar surface area (TPSA) is 29.1 Å². The number of carbonyl (C=O) groups is 1. The van der Waals surface area contributed by atoms with Gasteiger partial charge in [0.2, 0.25) is 0 Å². The SMILES string of the molecule is O=C1C[C@@H](c2ccccc2)CC2=C1[C@@H](c1ccccc1F)Nc1ccc3ccccc3c12. The van der Waals surface area contributed by atoms with Crippen molar-refractivity contribution in [3.05, 3.63) is 119 Å². The first-order valence-corrected chi connectivity index (χ1v) is 11.0. The van der Waals surface area contributed by atoms with Crippen LogP contribution in [0.25, 0.3) is 16.3 Å². The fourth-order valence-corrected chi connectivity index (χ4v) is 5.35. The van der Waals surface area contributed by atoms with Crippen LogP contribution in [0.5, 0.6) is 0 Å². The van der Waals surface area contributed by atoms with Gasteiger partial charge in [0, 0.05) is 28.8 Å². The van der Waals surface area contributed by atoms with Gasteiger partial charge >= 0.3 is 0 Å². The van der Waals surface area contributed by atoms with Crippen molar-refractivity contribution in [1.82, 2.24) is 0 Å². The summed E-state index contributed by atoms with van der Waals surface area (Å²) in [5.41, 5.74) is 5.50. The minimum atomic E-state index is -0.482. The second-order valence-corrected chi connectivity index (χ2v) is 8.64. The maximum absolute atomic E-state index is 14.9. The lowest BCUT2D eigenvalue weighted by molar-refractivity contribution is -0.116. The highest BCUT2D eigenvalue weighted by molar-refractivity contribution is 6.13. The van der Waals surface area contributed by atoms with E-state index in [9.17, 15) is 9.18 Å². The van der Waals surface area contributed by atoms with Crippen molar-refractivity contribution in [2.45, 2.75) is 24.8 Å². The fraction of sp³-hybridized carbons (Fsp3) is 0.138. The summed E-state index contributed by atoms with van der Waals surface area (Å²) in [6, 6.07) is 28.9. The smallest absolute Gasteiger partial charge is 0.162 e. The number of nitrogens with one attached hydrogen (secondary N) is 1. The van der Waals surface area contributed by atoms with E-state index in [2.05, 4.69) is 41.7 Å². The monoisotopic (exact) mass is 419 g/mol. The zero-order valence-electron chi connectivity index (χ0n) is 17.5. The number of anilines is 1. The van der Waals surface area contributed by atoms with Crippen LogP contribution in [0.4, 0.5) is 10.1 Å². The van der Waals surface area contributed by atoms with Gasteiger partial charge < -0.3 is 5.32 Å². The fourth-order valence-electron chi connectivity index (χ4n) is 5.35. The normalized spacial score (nSPS) is 20.0. The van der Waals surface area contributed by atoms with Gasteiger partial charge in [-0.3, -0.25) is 4.79 Å². The van der Waals surface area contributed by atoms with Crippen molar-refractivity contribution in [1.29, 1.82) is 0 Å². The number of carbonyl (C=O) groups excluding carboxylic acids is 1. The molecule has 0 spiro atoms. The number of allylic oxidation sites excluding steroid dienone is 1. The molecule has 0 fully saturated rings. The van der Waals surface area contributed by atoms with Crippen molar-refractivity contribution < 1.29 is 9.18 Å². The number of fused-ring (bicyclic) bond motifs is 4. The Kier molecular flexibility index (Phi) is 4.43. The largest absolute Gasteiger partial charge is 0.373 e. The average Bonchev–Trinajstić information content (AvgIpc) is 2.84. The zero-order valence-corrected chi connectivity index (χ0v) is 17.5. The maximum Gasteiger partial charge on any atom is 0.162 e. The number of halogens is 1. The van der Waals surface area contributed by atoms with Gasteiger partial charge in [-0.15, -0.1) is 0 Å². The molecule has 6 rings (SSSR count). The van der Waals surface area contributed by atoms with Gasteiger partial charge in [0.05, 0.1) is 6.04 Å². The van der Waals surface area contributed by atoms with Crippen LogP contribution in [0.2, 0.25) is 0 Å². The predicted molar refractivity (Wildman–Crippen MR) is 127 cm³/mol. The standard InChI is InChI=1S/C29H22FNO/c30-24-13-7-6-12-22(24)29-28-23(16-20(17-26(28)32)18-8-2-1-3-9-18)27-21-11-5-4-10-19(21)14-15-25(27)31-29/h1-15,20,29,31H,16-17H2/t20-,29+/m0/s1. The highest BCUT2D eigenvalue weighted by Crippen LogP contribution is 2.51. The molecule has 2 atom stereocenters. The lowest BCUT2D eigenvalue weighted by atomic mass is 9.71. The van der Waals surface area contributed by atoms with Gasteiger partial charge in [-0.25, -0.2) is 4.39 Å². The molecule has 2 aliphatic rings. The van der Waals surface area contributed by atoms with Crippen LogP contribution >= 0.6 is 0 Å². The number of ketones is 1. The summed E-state index contributed by atoms with van der Waals surface area (Å²) >= 11 is 0. The number of Topliss-reactive ketones (excluding diaryl/α,β-unsaturated/α-hetero) is 1. The minimum Gasteiger partial charge on any atom is -0.373 e. The van der Waals surface area contributed by atoms with Crippen LogP contribution in [-0.2, 0) is 4.79 Å². The summed E-state index contributed by atoms with van der Waals surface area (Å²) in [5.74, 6) is -0.0767. The Morgan fingerprint density at radius 1 is 0.781 bits per heavy atom. The van der Waals surface area contributed by atoms with Crippen molar-refractivity contribution >= 4 is 27.8 Å². The zero-order chi connectivity index (χ0) is 21.7. The van der Waals surface area contributed by atoms with Gasteiger partial charge in [0.15, 0.2) is 5.78 Å². The van der Waals surface area contributed by atoms with E-state index >= 15 is 0 Å². The molecule has 0 amide bonds. The van der Waals surface area contributed by atoms with Crippen LogP contribution in [0, 0.1) is 5.82 Å². The van der Waals surface area contributed by atoms with E-state index < -0.39 is 6.04 Å². The van der Waals surface area contributed by atoms with E-state index in [0.29, 0.717) is 17.6 Å². The second-order valence-electron chi connectivity index (χ2n) is 8.64. The van der Waals surface area contributed by atoms with E-state index in [1.165, 1.54) is 11.6 Å². The molecule has 0 unspecified atom stereocenters. The molecular weight excluding hydrogens is 397 g/mol. The highest BCUT2D eigenvalue weighted by Gasteiger charge is 2.39. The molecule has 1 N–H and O–H groups in total. The average molecular weight is 419 g/mol. The molecule has 1 aliphatic heterocycles. The number of rotatable bonds is 2. The van der Waals surface area contributed by atoms with Crippen molar-refractivity contribution in [3.63, 3.8) is 0 Å². The molecule has 156 valence electrons. The minimum absolute atomic E-state index is 0.0967. The molecular formula is C29H22FNO. The molecule has 0 saturated heterocycles. The molecule has 0 saturated carbocycles. The first-order valence-electron chi connectivity index (χ1n) is 11.0. The third kappa shape index (κ3) is 2.96. The number of benzene rings is 4. The van der Waals surface area contributed by atoms with Crippen LogP contribution < -0.4 is 5.32 Å². The molecule has 32 heavy (non-hydrogen) atoms. The van der Waals surface area contributed by atoms with Gasteiger partial charge in [-0.05, 0) is 46.4 Å². The molecule has 4 aromatic rings. The predicted octanol–water partition coefficient (Wildman–Crippen LogP) is 7.05. The van der Waals surface area contributed by atoms with E-state index in [1.807, 2.05) is 36.4 Å². The molecule has 0 aromatic heterocycles. The van der Waals surface area contributed by atoms with Gasteiger partial charge in [0.1, 0.15) is 5.82 Å². The first kappa shape index (κ1) is 19.0. The molecule has 2 nitrogen and oxygen atoms in total. The molecule has 0 bridgehead atoms. The lowest BCUT2D eigenvalue weighted by Gasteiger charge is -2.37. The van der Waals surface area contributed by atoms with Crippen molar-refractivity contribution in [3.8, 4) is 0 Å². The molecule has 1 aliphatic carbocycles. The van der Waals surface area contributed by atoms with E-state index in [4.69, 9.17) is 0 Å². The first-order chi connectivity index (χ1) is 15.7. The summed E-state index contributed by atoms with van der Waals surface area (Å²) in [6.45, 7) is 0. The summed E-state index contributed by atoms with van der Waals surface area (Å²) < 4.78 is 14.9. The Hall–Kier alpha value is -3.72. The maximum atomic E-state index is 14.9. The third-order valence-corrected chi connectivity index (χ3v) is 6.81. The molecule has 4 aromatic carbocycles. The van der Waals surface area contributed by atoms with Crippen molar-refractivity contribution in [2.75, 3.05) is 5.32 Å². The number of hydrogen-bond donors (Lipinski definition) is 1. The summed E-state index contributed by atoms with van der Waals surface area (Å²) in [5, 5.41) is 5.77. The van der Waals surface area contributed by atoms with Crippen LogP contribution in [0.3, 0.4) is 0 Å². The second kappa shape index (κ2) is 7.45. The summed E-state index contributed by atoms with van der Waals surface area (Å²) in [4.78, 5) is 13.6. The number of hydrogen-bond acceptors (Lipinski definition) is 2. The van der Waals surface area contributed by atoms with E-state index in [1.54, 1.807) is 12.1 Å². The van der Waals surface area contributed by atoms with Gasteiger partial charge in [0.25, 0.3) is 0 Å². The highest BCUT2D eigenvalue weighted by atomic mass is 19.1. The Balaban J connectivity index is 1.60. The van der Waals surface area contributed by atoms with Crippen molar-refractivity contribution in [2.24, 2.45) is 0 Å². The Morgan fingerprint density at radius 2 is 1.53 bits per heavy atom. The Bertz CT molecular complexity index is 1390. The van der Waals surface area contributed by atoms with Crippen LogP contribution in [0.15, 0.2) is 96.6 Å². The molecule has 3 heteroatoms. The van der Waals surface area contributed by atoms with Gasteiger partial charge in [-0.2, -0.15) is 0 Å². The Morgan fingerprint density at radius 3 is 2.38 bits per heavy atom. The third-order valence-electron chi connectivity index (χ3n) is 6.81. The molecule has 0 radical (unpaired) electrons. The molecule has 1 heterocycles. The van der Waals surface area contributed by atoms with Gasteiger partial charge in [-0.1, -0.05) is 78.9 Å². The van der Waals surface area contributed by atoms with E-state index in [0.717, 1.165) is 34.0 Å². The Labute approximate surface area is 186 Å². The van der Waals surface area contributed by atoms with Crippen LogP contribution in [-0.4, -0.2) is 5.78 Å². The lowest BCUT2D eigenvalue weighted by Crippen LogP contribution is -2.30. The summed E-state index contributed by atoms with van der Waals surface area (Å²) in [6.07, 6.45) is 1.20.